The lowest BCUT2D eigenvalue weighted by molar-refractivity contribution is 0.104. The van der Waals surface area contributed by atoms with Crippen molar-refractivity contribution in [1.82, 2.24) is 9.88 Å². The maximum Gasteiger partial charge on any atom is 0.185 e. The van der Waals surface area contributed by atoms with E-state index >= 15 is 0 Å². The van der Waals surface area contributed by atoms with Crippen LogP contribution in [-0.4, -0.2) is 42.9 Å². The molecule has 0 fully saturated rings. The van der Waals surface area contributed by atoms with Crippen LogP contribution >= 0.6 is 0 Å². The summed E-state index contributed by atoms with van der Waals surface area (Å²) < 4.78 is 0. The molecule has 4 nitrogen and oxygen atoms in total. The van der Waals surface area contributed by atoms with Gasteiger partial charge in [-0.2, -0.15) is 0 Å². The third kappa shape index (κ3) is 5.63. The van der Waals surface area contributed by atoms with Gasteiger partial charge in [0.05, 0.1) is 5.69 Å². The van der Waals surface area contributed by atoms with Crippen molar-refractivity contribution in [2.24, 2.45) is 0 Å². The Labute approximate surface area is 166 Å². The first-order valence-electron chi connectivity index (χ1n) is 9.34. The molecule has 0 bridgehead atoms. The first-order valence-corrected chi connectivity index (χ1v) is 9.34. The summed E-state index contributed by atoms with van der Waals surface area (Å²) in [7, 11) is 4.11. The smallest absolute Gasteiger partial charge is 0.185 e. The number of aromatic nitrogens is 1. The highest BCUT2D eigenvalue weighted by atomic mass is 16.1. The van der Waals surface area contributed by atoms with Gasteiger partial charge < -0.3 is 10.2 Å². The van der Waals surface area contributed by atoms with Gasteiger partial charge in [0.15, 0.2) is 5.78 Å². The van der Waals surface area contributed by atoms with Crippen LogP contribution < -0.4 is 5.32 Å². The van der Waals surface area contributed by atoms with Gasteiger partial charge in [0, 0.05) is 36.1 Å². The topological polar surface area (TPSA) is 45.2 Å². The van der Waals surface area contributed by atoms with Crippen LogP contribution in [0.4, 0.5) is 5.69 Å². The molecule has 0 radical (unpaired) electrons. The molecule has 0 saturated heterocycles. The highest BCUT2D eigenvalue weighted by Gasteiger charge is 2.03. The predicted octanol–water partition coefficient (Wildman–Crippen LogP) is 4.62. The number of carbonyl (C=O) groups excluding carboxylic acids is 1. The molecule has 1 aromatic heterocycles. The lowest BCUT2D eigenvalue weighted by Gasteiger charge is -2.11. The molecular formula is C24H25N3O. The summed E-state index contributed by atoms with van der Waals surface area (Å²) >= 11 is 0. The number of hydrogen-bond donors (Lipinski definition) is 1. The number of rotatable bonds is 8. The van der Waals surface area contributed by atoms with Gasteiger partial charge in [-0.1, -0.05) is 48.5 Å². The average Bonchev–Trinajstić information content (AvgIpc) is 2.73. The van der Waals surface area contributed by atoms with E-state index in [0.29, 0.717) is 5.56 Å². The molecule has 1 N–H and O–H groups in total. The number of pyridine rings is 1. The summed E-state index contributed by atoms with van der Waals surface area (Å²) in [5, 5.41) is 3.37. The second kappa shape index (κ2) is 9.62. The van der Waals surface area contributed by atoms with Gasteiger partial charge in [-0.3, -0.25) is 9.78 Å². The highest BCUT2D eigenvalue weighted by molar-refractivity contribution is 6.07. The molecule has 2 aromatic carbocycles. The molecule has 3 aromatic rings. The highest BCUT2D eigenvalue weighted by Crippen LogP contribution is 2.17. The van der Waals surface area contributed by atoms with E-state index in [0.717, 1.165) is 35.6 Å². The van der Waals surface area contributed by atoms with Crippen molar-refractivity contribution in [2.75, 3.05) is 32.5 Å². The Morgan fingerprint density at radius 1 is 1.00 bits per heavy atom. The van der Waals surface area contributed by atoms with Crippen molar-refractivity contribution in [3.8, 4) is 11.3 Å². The Morgan fingerprint density at radius 3 is 2.39 bits per heavy atom. The van der Waals surface area contributed by atoms with Gasteiger partial charge >= 0.3 is 0 Å². The van der Waals surface area contributed by atoms with Gasteiger partial charge in [0.2, 0.25) is 0 Å². The third-order valence-corrected chi connectivity index (χ3v) is 4.36. The van der Waals surface area contributed by atoms with E-state index in [1.54, 1.807) is 12.3 Å². The largest absolute Gasteiger partial charge is 0.384 e. The van der Waals surface area contributed by atoms with Crippen LogP contribution in [0.15, 0.2) is 79.0 Å². The van der Waals surface area contributed by atoms with Crippen molar-refractivity contribution in [3.05, 3.63) is 90.1 Å². The van der Waals surface area contributed by atoms with Gasteiger partial charge in [-0.15, -0.1) is 0 Å². The molecule has 1 heterocycles. The van der Waals surface area contributed by atoms with E-state index in [4.69, 9.17) is 0 Å². The average molecular weight is 371 g/mol. The zero-order valence-corrected chi connectivity index (χ0v) is 16.3. The number of likely N-dealkylation sites (N-methyl/N-ethyl adjacent to an activating group) is 1. The molecule has 142 valence electrons. The predicted molar refractivity (Wildman–Crippen MR) is 117 cm³/mol. The maximum absolute atomic E-state index is 12.4. The van der Waals surface area contributed by atoms with Crippen LogP contribution in [0, 0.1) is 0 Å². The number of carbonyl (C=O) groups is 1. The molecule has 0 saturated carbocycles. The molecule has 0 unspecified atom stereocenters. The summed E-state index contributed by atoms with van der Waals surface area (Å²) in [5.74, 6) is -0.0132. The number of nitrogens with zero attached hydrogens (tertiary/aromatic N) is 2. The molecule has 3 rings (SSSR count). The molecule has 0 aliphatic carbocycles. The zero-order valence-electron chi connectivity index (χ0n) is 16.3. The summed E-state index contributed by atoms with van der Waals surface area (Å²) in [5.41, 5.74) is 4.64. The Morgan fingerprint density at radius 2 is 1.75 bits per heavy atom. The van der Waals surface area contributed by atoms with Crippen LogP contribution in [0.5, 0.6) is 0 Å². The Kier molecular flexibility index (Phi) is 6.71. The molecule has 0 atom stereocenters. The first kappa shape index (κ1) is 19.5. The second-order valence-corrected chi connectivity index (χ2v) is 6.84. The van der Waals surface area contributed by atoms with Crippen LogP contribution in [-0.2, 0) is 0 Å². The van der Waals surface area contributed by atoms with E-state index in [1.165, 1.54) is 0 Å². The number of benzene rings is 2. The van der Waals surface area contributed by atoms with Crippen molar-refractivity contribution in [2.45, 2.75) is 0 Å². The Balaban J connectivity index is 1.59. The summed E-state index contributed by atoms with van der Waals surface area (Å²) in [6.45, 7) is 1.88. The minimum Gasteiger partial charge on any atom is -0.384 e. The number of allylic oxidation sites excluding steroid dienone is 1. The quantitative estimate of drug-likeness (QED) is 0.464. The van der Waals surface area contributed by atoms with Crippen molar-refractivity contribution < 1.29 is 4.79 Å². The number of nitrogens with one attached hydrogen (secondary N) is 1. The van der Waals surface area contributed by atoms with Gasteiger partial charge in [-0.25, -0.2) is 0 Å². The van der Waals surface area contributed by atoms with Gasteiger partial charge in [0.25, 0.3) is 0 Å². The van der Waals surface area contributed by atoms with Gasteiger partial charge in [-0.05, 0) is 50.0 Å². The molecule has 0 spiro atoms. The fraction of sp³-hybridized carbons (Fsp3) is 0.167. The Bertz CT molecular complexity index is 914. The minimum absolute atomic E-state index is 0.0132. The van der Waals surface area contributed by atoms with Crippen LogP contribution in [0.2, 0.25) is 0 Å². The fourth-order valence-electron chi connectivity index (χ4n) is 2.74. The second-order valence-electron chi connectivity index (χ2n) is 6.84. The first-order chi connectivity index (χ1) is 13.6. The summed E-state index contributed by atoms with van der Waals surface area (Å²) in [6, 6.07) is 21.4. The molecule has 0 aliphatic heterocycles. The van der Waals surface area contributed by atoms with Crippen LogP contribution in [0.3, 0.4) is 0 Å². The number of hydrogen-bond acceptors (Lipinski definition) is 4. The van der Waals surface area contributed by atoms with E-state index in [2.05, 4.69) is 29.3 Å². The minimum atomic E-state index is -0.0132. The molecular weight excluding hydrogens is 346 g/mol. The number of ketones is 1. The van der Waals surface area contributed by atoms with E-state index in [-0.39, 0.29) is 5.78 Å². The van der Waals surface area contributed by atoms with Crippen LogP contribution in [0.1, 0.15) is 15.9 Å². The SMILES string of the molecule is CN(C)CCNc1ccc(C=CC(=O)c2ccc(-c3ccccn3)cc2)cc1. The van der Waals surface area contributed by atoms with Crippen molar-refractivity contribution >= 4 is 17.5 Å². The monoisotopic (exact) mass is 371 g/mol. The van der Waals surface area contributed by atoms with E-state index in [1.807, 2.05) is 72.8 Å². The number of anilines is 1. The standard InChI is InChI=1S/C24H25N3O/c1-27(2)18-17-25-22-13-6-19(7-14-22)8-15-24(28)21-11-9-20(10-12-21)23-5-3-4-16-26-23/h3-16,25H,17-18H2,1-2H3. The maximum atomic E-state index is 12.4. The molecule has 4 heteroatoms. The lowest BCUT2D eigenvalue weighted by atomic mass is 10.0. The third-order valence-electron chi connectivity index (χ3n) is 4.36. The molecule has 0 aliphatic rings. The van der Waals surface area contributed by atoms with Crippen molar-refractivity contribution in [3.63, 3.8) is 0 Å². The fourth-order valence-corrected chi connectivity index (χ4v) is 2.74. The summed E-state index contributed by atoms with van der Waals surface area (Å²) in [4.78, 5) is 18.9. The zero-order chi connectivity index (χ0) is 19.8. The van der Waals surface area contributed by atoms with E-state index < -0.39 is 0 Å². The normalized spacial score (nSPS) is 11.1. The van der Waals surface area contributed by atoms with Crippen LogP contribution in [0.25, 0.3) is 17.3 Å². The molecule has 28 heavy (non-hydrogen) atoms. The van der Waals surface area contributed by atoms with E-state index in [9.17, 15) is 4.79 Å². The lowest BCUT2D eigenvalue weighted by Crippen LogP contribution is -2.20. The van der Waals surface area contributed by atoms with Gasteiger partial charge in [0.1, 0.15) is 0 Å². The molecule has 0 amide bonds. The van der Waals surface area contributed by atoms with Crippen molar-refractivity contribution in [1.29, 1.82) is 0 Å². The Hall–Kier alpha value is -3.24. The summed E-state index contributed by atoms with van der Waals surface area (Å²) in [6.07, 6.45) is 5.23.